The molecule has 0 fully saturated rings. The number of H-pyrrole nitrogens is 1. The minimum absolute atomic E-state index is 0.0822. The van der Waals surface area contributed by atoms with Crippen LogP contribution in [0.5, 0.6) is 5.75 Å². The largest absolute Gasteiger partial charge is 0.497 e. The van der Waals surface area contributed by atoms with E-state index in [0.717, 1.165) is 31.0 Å². The molecule has 2 N–H and O–H groups in total. The first-order chi connectivity index (χ1) is 15.6. The van der Waals surface area contributed by atoms with Gasteiger partial charge in [0, 0.05) is 21.5 Å². The summed E-state index contributed by atoms with van der Waals surface area (Å²) in [5.74, 6) is 1.43. The number of nitrogens with zero attached hydrogens (tertiary/aromatic N) is 3. The van der Waals surface area contributed by atoms with E-state index in [0.29, 0.717) is 16.3 Å². The summed E-state index contributed by atoms with van der Waals surface area (Å²) in [6.07, 6.45) is 0. The summed E-state index contributed by atoms with van der Waals surface area (Å²) in [6, 6.07) is 11.6. The molecule has 11 heteroatoms. The van der Waals surface area contributed by atoms with Gasteiger partial charge < -0.3 is 15.0 Å². The van der Waals surface area contributed by atoms with Crippen molar-refractivity contribution in [2.24, 2.45) is 0 Å². The van der Waals surface area contributed by atoms with E-state index < -0.39 is 0 Å². The quantitative estimate of drug-likeness (QED) is 0.259. The molecule has 0 aliphatic rings. The molecule has 0 amide bonds. The van der Waals surface area contributed by atoms with Crippen molar-refractivity contribution in [3.63, 3.8) is 0 Å². The van der Waals surface area contributed by atoms with Crippen molar-refractivity contribution in [3.8, 4) is 16.2 Å². The lowest BCUT2D eigenvalue weighted by Crippen LogP contribution is -2.12. The number of fused-ring (bicyclic) bond motifs is 1. The number of aromatic nitrogens is 4. The maximum absolute atomic E-state index is 12.8. The summed E-state index contributed by atoms with van der Waals surface area (Å²) in [5, 5.41) is 17.0. The van der Waals surface area contributed by atoms with E-state index in [1.54, 1.807) is 18.4 Å². The molecule has 0 saturated heterocycles. The number of benzene rings is 1. The van der Waals surface area contributed by atoms with Crippen molar-refractivity contribution in [2.45, 2.75) is 16.5 Å². The zero-order valence-electron chi connectivity index (χ0n) is 17.0. The Bertz CT molecular complexity index is 1410. The highest BCUT2D eigenvalue weighted by Crippen LogP contribution is 2.38. The molecule has 5 aromatic rings. The van der Waals surface area contributed by atoms with Crippen LogP contribution in [0.3, 0.4) is 0 Å². The van der Waals surface area contributed by atoms with Crippen LogP contribution < -0.4 is 15.6 Å². The number of thioether (sulfide) groups is 1. The molecule has 7 nitrogen and oxygen atoms in total. The fourth-order valence-electron chi connectivity index (χ4n) is 3.08. The molecule has 0 spiro atoms. The standard InChI is InChI=1S/C21H17N5O2S4/c1-11(31-21-26-25-20(32-21)22-12-5-7-13(28-2)8-6-12)17-23-18(27)16-14(10-30-19(16)24-17)15-4-3-9-29-15/h3-11H,1-2H3,(H,22,25)(H,23,24,27). The van der Waals surface area contributed by atoms with Crippen LogP contribution in [0.15, 0.2) is 56.3 Å². The molecule has 5 rings (SSSR count). The Kier molecular flexibility index (Phi) is 5.96. The number of anilines is 2. The van der Waals surface area contributed by atoms with E-state index in [9.17, 15) is 4.79 Å². The second kappa shape index (κ2) is 9.02. The highest BCUT2D eigenvalue weighted by Gasteiger charge is 2.18. The van der Waals surface area contributed by atoms with Crippen LogP contribution in [0.1, 0.15) is 18.0 Å². The number of aromatic amines is 1. The van der Waals surface area contributed by atoms with Crippen LogP contribution >= 0.6 is 45.8 Å². The third-order valence-corrected chi connectivity index (χ3v) is 8.47. The normalized spacial score (nSPS) is 12.2. The summed E-state index contributed by atoms with van der Waals surface area (Å²) in [5.41, 5.74) is 1.74. The number of hydrogen-bond donors (Lipinski definition) is 2. The number of rotatable bonds is 7. The van der Waals surface area contributed by atoms with Gasteiger partial charge >= 0.3 is 0 Å². The molecule has 0 aliphatic carbocycles. The van der Waals surface area contributed by atoms with E-state index in [2.05, 4.69) is 20.5 Å². The van der Waals surface area contributed by atoms with Crippen molar-refractivity contribution in [1.29, 1.82) is 0 Å². The number of nitrogens with one attached hydrogen (secondary N) is 2. The van der Waals surface area contributed by atoms with Gasteiger partial charge in [-0.05, 0) is 42.6 Å². The lowest BCUT2D eigenvalue weighted by Gasteiger charge is -2.08. The van der Waals surface area contributed by atoms with E-state index in [1.165, 1.54) is 34.4 Å². The first-order valence-corrected chi connectivity index (χ1v) is 13.0. The molecule has 162 valence electrons. The number of hydrogen-bond acceptors (Lipinski definition) is 10. The monoisotopic (exact) mass is 499 g/mol. The molecule has 1 unspecified atom stereocenters. The van der Waals surface area contributed by atoms with E-state index in [1.807, 2.05) is 54.1 Å². The van der Waals surface area contributed by atoms with Gasteiger partial charge in [0.15, 0.2) is 4.34 Å². The van der Waals surface area contributed by atoms with Gasteiger partial charge in [-0.25, -0.2) is 4.98 Å². The molecule has 0 saturated carbocycles. The second-order valence-corrected chi connectivity index (χ2v) is 11.1. The van der Waals surface area contributed by atoms with Gasteiger partial charge in [0.25, 0.3) is 5.56 Å². The van der Waals surface area contributed by atoms with Gasteiger partial charge in [-0.2, -0.15) is 0 Å². The maximum atomic E-state index is 12.8. The number of thiophene rings is 2. The average molecular weight is 500 g/mol. The van der Waals surface area contributed by atoms with Crippen LogP contribution in [0.25, 0.3) is 20.7 Å². The summed E-state index contributed by atoms with van der Waals surface area (Å²) in [6.45, 7) is 2.00. The molecular weight excluding hydrogens is 483 g/mol. The van der Waals surface area contributed by atoms with Crippen LogP contribution in [0.4, 0.5) is 10.8 Å². The minimum Gasteiger partial charge on any atom is -0.497 e. The van der Waals surface area contributed by atoms with Gasteiger partial charge in [-0.15, -0.1) is 32.9 Å². The van der Waals surface area contributed by atoms with Gasteiger partial charge in [0.1, 0.15) is 16.4 Å². The van der Waals surface area contributed by atoms with Gasteiger partial charge in [-0.3, -0.25) is 4.79 Å². The van der Waals surface area contributed by atoms with Gasteiger partial charge in [0.05, 0.1) is 17.7 Å². The fourth-order valence-corrected chi connectivity index (χ4v) is 6.83. The highest BCUT2D eigenvalue weighted by molar-refractivity contribution is 8.01. The molecule has 1 atom stereocenters. The summed E-state index contributed by atoms with van der Waals surface area (Å²) >= 11 is 6.08. The van der Waals surface area contributed by atoms with Gasteiger partial charge in [0.2, 0.25) is 5.13 Å². The summed E-state index contributed by atoms with van der Waals surface area (Å²) < 4.78 is 5.97. The van der Waals surface area contributed by atoms with Crippen LogP contribution in [-0.4, -0.2) is 27.3 Å². The summed E-state index contributed by atoms with van der Waals surface area (Å²) in [4.78, 5) is 22.4. The number of ether oxygens (including phenoxy) is 1. The molecule has 4 heterocycles. The lowest BCUT2D eigenvalue weighted by molar-refractivity contribution is 0.415. The molecule has 0 aliphatic heterocycles. The Hall–Kier alpha value is -2.73. The third kappa shape index (κ3) is 4.29. The highest BCUT2D eigenvalue weighted by atomic mass is 32.2. The van der Waals surface area contributed by atoms with Crippen LogP contribution in [0.2, 0.25) is 0 Å². The first kappa shape index (κ1) is 21.1. The predicted octanol–water partition coefficient (Wildman–Crippen LogP) is 6.17. The molecule has 1 aromatic carbocycles. The van der Waals surface area contributed by atoms with E-state index >= 15 is 0 Å². The number of methoxy groups -OCH3 is 1. The third-order valence-electron chi connectivity index (χ3n) is 4.66. The summed E-state index contributed by atoms with van der Waals surface area (Å²) in [7, 11) is 1.64. The van der Waals surface area contributed by atoms with Crippen LogP contribution in [0, 0.1) is 0 Å². The SMILES string of the molecule is COc1ccc(Nc2nnc(SC(C)c3nc4scc(-c5cccs5)c4c(=O)[nH]3)s2)cc1. The van der Waals surface area contributed by atoms with Crippen molar-refractivity contribution in [1.82, 2.24) is 20.2 Å². The van der Waals surface area contributed by atoms with Crippen molar-refractivity contribution in [3.05, 3.63) is 63.3 Å². The van der Waals surface area contributed by atoms with Crippen molar-refractivity contribution < 1.29 is 4.74 Å². The zero-order valence-corrected chi connectivity index (χ0v) is 20.3. The van der Waals surface area contributed by atoms with E-state index in [-0.39, 0.29) is 10.8 Å². The Balaban J connectivity index is 1.33. The molecular formula is C21H17N5O2S4. The minimum atomic E-state index is -0.110. The Morgan fingerprint density at radius 1 is 1.16 bits per heavy atom. The van der Waals surface area contributed by atoms with E-state index in [4.69, 9.17) is 9.72 Å². The molecule has 0 bridgehead atoms. The molecule has 0 radical (unpaired) electrons. The second-order valence-electron chi connectivity index (χ2n) is 6.74. The fraction of sp³-hybridized carbons (Fsp3) is 0.143. The first-order valence-electron chi connectivity index (χ1n) is 9.57. The smallest absolute Gasteiger partial charge is 0.260 e. The van der Waals surface area contributed by atoms with Gasteiger partial charge in [-0.1, -0.05) is 29.2 Å². The topological polar surface area (TPSA) is 92.8 Å². The maximum Gasteiger partial charge on any atom is 0.260 e. The Morgan fingerprint density at radius 2 is 2.00 bits per heavy atom. The van der Waals surface area contributed by atoms with Crippen LogP contribution in [-0.2, 0) is 0 Å². The Labute approximate surface area is 199 Å². The van der Waals surface area contributed by atoms with Crippen molar-refractivity contribution >= 4 is 66.8 Å². The molecule has 32 heavy (non-hydrogen) atoms. The Morgan fingerprint density at radius 3 is 2.75 bits per heavy atom. The zero-order chi connectivity index (χ0) is 22.1. The molecule has 4 aromatic heterocycles. The predicted molar refractivity (Wildman–Crippen MR) is 134 cm³/mol. The van der Waals surface area contributed by atoms with Crippen molar-refractivity contribution in [2.75, 3.05) is 12.4 Å². The lowest BCUT2D eigenvalue weighted by atomic mass is 10.2. The average Bonchev–Trinajstić information content (AvgIpc) is 3.55.